The predicted octanol–water partition coefficient (Wildman–Crippen LogP) is 2.54. The number of hydrogen-bond acceptors (Lipinski definition) is 3. The Balaban J connectivity index is 1.61. The van der Waals surface area contributed by atoms with E-state index in [1.807, 2.05) is 19.1 Å². The van der Waals surface area contributed by atoms with Crippen LogP contribution in [0.15, 0.2) is 18.2 Å². The zero-order chi connectivity index (χ0) is 15.8. The van der Waals surface area contributed by atoms with Crippen LogP contribution in [-0.4, -0.2) is 44.1 Å². The standard InChI is InChI=1S/C18H28N2O2/c1-15-14-16(6-8-17(15)22-2)7-9-18(21)19-10-5-13-20-11-3-4-12-20/h6,8,14H,3-5,7,9-13H2,1-2H3,(H,19,21). The summed E-state index contributed by atoms with van der Waals surface area (Å²) in [4.78, 5) is 14.3. The summed E-state index contributed by atoms with van der Waals surface area (Å²) in [7, 11) is 1.68. The van der Waals surface area contributed by atoms with Crippen LogP contribution in [-0.2, 0) is 11.2 Å². The molecule has 1 heterocycles. The number of aryl methyl sites for hydroxylation is 2. The second kappa shape index (κ2) is 8.79. The lowest BCUT2D eigenvalue weighted by Crippen LogP contribution is -2.28. The Morgan fingerprint density at radius 1 is 1.32 bits per heavy atom. The quantitative estimate of drug-likeness (QED) is 0.750. The number of benzene rings is 1. The Hall–Kier alpha value is -1.55. The number of nitrogens with one attached hydrogen (secondary N) is 1. The molecular weight excluding hydrogens is 276 g/mol. The summed E-state index contributed by atoms with van der Waals surface area (Å²) < 4.78 is 5.25. The van der Waals surface area contributed by atoms with E-state index >= 15 is 0 Å². The van der Waals surface area contributed by atoms with Crippen LogP contribution in [0, 0.1) is 6.92 Å². The maximum absolute atomic E-state index is 11.9. The second-order valence-electron chi connectivity index (χ2n) is 6.06. The average molecular weight is 304 g/mol. The van der Waals surface area contributed by atoms with Gasteiger partial charge in [-0.05, 0) is 69.4 Å². The lowest BCUT2D eigenvalue weighted by Gasteiger charge is -2.14. The molecule has 0 unspecified atom stereocenters. The molecule has 0 aliphatic carbocycles. The Morgan fingerprint density at radius 3 is 2.77 bits per heavy atom. The molecule has 0 aromatic heterocycles. The lowest BCUT2D eigenvalue weighted by molar-refractivity contribution is -0.121. The minimum atomic E-state index is 0.148. The van der Waals surface area contributed by atoms with E-state index in [-0.39, 0.29) is 5.91 Å². The number of likely N-dealkylation sites (tertiary alicyclic amines) is 1. The van der Waals surface area contributed by atoms with Crippen molar-refractivity contribution in [1.29, 1.82) is 0 Å². The average Bonchev–Trinajstić information content (AvgIpc) is 3.03. The molecule has 1 N–H and O–H groups in total. The summed E-state index contributed by atoms with van der Waals surface area (Å²) in [6, 6.07) is 6.10. The van der Waals surface area contributed by atoms with Gasteiger partial charge in [0.05, 0.1) is 7.11 Å². The van der Waals surface area contributed by atoms with E-state index in [4.69, 9.17) is 4.74 Å². The summed E-state index contributed by atoms with van der Waals surface area (Å²) >= 11 is 0. The summed E-state index contributed by atoms with van der Waals surface area (Å²) in [6.45, 7) is 6.38. The fourth-order valence-corrected chi connectivity index (χ4v) is 2.98. The smallest absolute Gasteiger partial charge is 0.220 e. The minimum Gasteiger partial charge on any atom is -0.496 e. The van der Waals surface area contributed by atoms with Crippen molar-refractivity contribution < 1.29 is 9.53 Å². The third kappa shape index (κ3) is 5.34. The van der Waals surface area contributed by atoms with Crippen LogP contribution < -0.4 is 10.1 Å². The van der Waals surface area contributed by atoms with E-state index in [0.29, 0.717) is 6.42 Å². The molecule has 1 aromatic carbocycles. The third-order valence-corrected chi connectivity index (χ3v) is 4.27. The van der Waals surface area contributed by atoms with Crippen LogP contribution in [0.2, 0.25) is 0 Å². The van der Waals surface area contributed by atoms with Gasteiger partial charge in [-0.25, -0.2) is 0 Å². The van der Waals surface area contributed by atoms with Gasteiger partial charge >= 0.3 is 0 Å². The van der Waals surface area contributed by atoms with Crippen LogP contribution >= 0.6 is 0 Å². The molecule has 1 amide bonds. The van der Waals surface area contributed by atoms with E-state index in [0.717, 1.165) is 37.2 Å². The van der Waals surface area contributed by atoms with Crippen LogP contribution in [0.25, 0.3) is 0 Å². The van der Waals surface area contributed by atoms with Gasteiger partial charge in [-0.15, -0.1) is 0 Å². The Kier molecular flexibility index (Phi) is 6.72. The number of rotatable bonds is 8. The molecule has 0 atom stereocenters. The number of hydrogen-bond donors (Lipinski definition) is 1. The van der Waals surface area contributed by atoms with E-state index in [2.05, 4.69) is 16.3 Å². The van der Waals surface area contributed by atoms with Gasteiger partial charge in [-0.2, -0.15) is 0 Å². The zero-order valence-corrected chi connectivity index (χ0v) is 13.9. The van der Waals surface area contributed by atoms with Crippen LogP contribution in [0.4, 0.5) is 0 Å². The Bertz CT molecular complexity index is 482. The van der Waals surface area contributed by atoms with Gasteiger partial charge in [0.2, 0.25) is 5.91 Å². The van der Waals surface area contributed by atoms with E-state index in [1.165, 1.54) is 31.5 Å². The van der Waals surface area contributed by atoms with E-state index in [1.54, 1.807) is 7.11 Å². The fourth-order valence-electron chi connectivity index (χ4n) is 2.98. The largest absolute Gasteiger partial charge is 0.496 e. The molecule has 0 bridgehead atoms. The molecular formula is C18H28N2O2. The fraction of sp³-hybridized carbons (Fsp3) is 0.611. The van der Waals surface area contributed by atoms with Crippen molar-refractivity contribution in [3.63, 3.8) is 0 Å². The van der Waals surface area contributed by atoms with Gasteiger partial charge in [0, 0.05) is 13.0 Å². The van der Waals surface area contributed by atoms with Gasteiger partial charge in [0.1, 0.15) is 5.75 Å². The Labute approximate surface area is 133 Å². The van der Waals surface area contributed by atoms with Crippen molar-refractivity contribution in [3.8, 4) is 5.75 Å². The molecule has 4 heteroatoms. The van der Waals surface area contributed by atoms with Crippen molar-refractivity contribution in [2.24, 2.45) is 0 Å². The summed E-state index contributed by atoms with van der Waals surface area (Å²) in [6.07, 6.45) is 5.03. The molecule has 1 fully saturated rings. The molecule has 1 saturated heterocycles. The molecule has 2 rings (SSSR count). The van der Waals surface area contributed by atoms with Crippen molar-refractivity contribution in [1.82, 2.24) is 10.2 Å². The minimum absolute atomic E-state index is 0.148. The van der Waals surface area contributed by atoms with Crippen molar-refractivity contribution in [3.05, 3.63) is 29.3 Å². The van der Waals surface area contributed by atoms with Gasteiger partial charge in [0.25, 0.3) is 0 Å². The van der Waals surface area contributed by atoms with Crippen LogP contribution in [0.5, 0.6) is 5.75 Å². The third-order valence-electron chi connectivity index (χ3n) is 4.27. The molecule has 22 heavy (non-hydrogen) atoms. The second-order valence-corrected chi connectivity index (χ2v) is 6.06. The summed E-state index contributed by atoms with van der Waals surface area (Å²) in [5.74, 6) is 1.05. The highest BCUT2D eigenvalue weighted by atomic mass is 16.5. The predicted molar refractivity (Wildman–Crippen MR) is 89.4 cm³/mol. The first-order valence-corrected chi connectivity index (χ1v) is 8.31. The first-order valence-electron chi connectivity index (χ1n) is 8.31. The molecule has 1 aliphatic rings. The molecule has 122 valence electrons. The number of carbonyl (C=O) groups excluding carboxylic acids is 1. The first kappa shape index (κ1) is 16.8. The zero-order valence-electron chi connectivity index (χ0n) is 13.9. The highest BCUT2D eigenvalue weighted by Crippen LogP contribution is 2.19. The van der Waals surface area contributed by atoms with Crippen molar-refractivity contribution in [2.45, 2.75) is 39.0 Å². The molecule has 0 radical (unpaired) electrons. The van der Waals surface area contributed by atoms with Crippen LogP contribution in [0.1, 0.15) is 36.8 Å². The van der Waals surface area contributed by atoms with Crippen LogP contribution in [0.3, 0.4) is 0 Å². The summed E-state index contributed by atoms with van der Waals surface area (Å²) in [5.41, 5.74) is 2.30. The molecule has 0 saturated carbocycles. The van der Waals surface area contributed by atoms with E-state index < -0.39 is 0 Å². The van der Waals surface area contributed by atoms with Gasteiger partial charge < -0.3 is 15.0 Å². The SMILES string of the molecule is COc1ccc(CCC(=O)NCCCN2CCCC2)cc1C. The number of nitrogens with zero attached hydrogens (tertiary/aromatic N) is 1. The highest BCUT2D eigenvalue weighted by molar-refractivity contribution is 5.76. The number of ether oxygens (including phenoxy) is 1. The Morgan fingerprint density at radius 2 is 2.09 bits per heavy atom. The molecule has 1 aromatic rings. The van der Waals surface area contributed by atoms with Crippen molar-refractivity contribution in [2.75, 3.05) is 33.3 Å². The van der Waals surface area contributed by atoms with E-state index in [9.17, 15) is 4.79 Å². The number of amides is 1. The summed E-state index contributed by atoms with van der Waals surface area (Å²) in [5, 5.41) is 3.02. The number of methoxy groups -OCH3 is 1. The topological polar surface area (TPSA) is 41.6 Å². The lowest BCUT2D eigenvalue weighted by atomic mass is 10.1. The monoisotopic (exact) mass is 304 g/mol. The highest BCUT2D eigenvalue weighted by Gasteiger charge is 2.10. The normalized spacial score (nSPS) is 15.0. The maximum atomic E-state index is 11.9. The first-order chi connectivity index (χ1) is 10.7. The van der Waals surface area contributed by atoms with Gasteiger partial charge in [0.15, 0.2) is 0 Å². The molecule has 0 spiro atoms. The maximum Gasteiger partial charge on any atom is 0.220 e. The van der Waals surface area contributed by atoms with Crippen molar-refractivity contribution >= 4 is 5.91 Å². The molecule has 1 aliphatic heterocycles. The van der Waals surface area contributed by atoms with Gasteiger partial charge in [-0.3, -0.25) is 4.79 Å². The number of carbonyl (C=O) groups is 1. The molecule has 4 nitrogen and oxygen atoms in total. The van der Waals surface area contributed by atoms with Gasteiger partial charge in [-0.1, -0.05) is 12.1 Å².